The first-order chi connectivity index (χ1) is 11.8. The van der Waals surface area contributed by atoms with Crippen molar-refractivity contribution in [2.45, 2.75) is 37.6 Å². The monoisotopic (exact) mass is 358 g/mol. The van der Waals surface area contributed by atoms with Gasteiger partial charge in [-0.05, 0) is 62.6 Å². The number of benzene rings is 2. The molecule has 1 aliphatic carbocycles. The molecule has 2 aromatic carbocycles. The fourth-order valence-electron chi connectivity index (χ4n) is 2.64. The van der Waals surface area contributed by atoms with Gasteiger partial charge in [-0.25, -0.2) is 8.42 Å². The predicted octanol–water partition coefficient (Wildman–Crippen LogP) is 3.02. The van der Waals surface area contributed by atoms with Gasteiger partial charge < -0.3 is 5.32 Å². The standard InChI is InChI=1S/C19H22N2O3S/c1-13-4-9-17(10-5-13)25(23,24)21(3)18-11-6-15(12-14(18)2)19(22)20-16-7-8-16/h4-6,9-12,16H,7-8H2,1-3H3,(H,20,22). The van der Waals surface area contributed by atoms with Crippen molar-refractivity contribution in [3.05, 3.63) is 59.2 Å². The number of anilines is 1. The summed E-state index contributed by atoms with van der Waals surface area (Å²) in [6.45, 7) is 3.72. The Labute approximate surface area is 148 Å². The maximum Gasteiger partial charge on any atom is 0.264 e. The Bertz CT molecular complexity index is 901. The van der Waals surface area contributed by atoms with E-state index in [1.165, 1.54) is 11.4 Å². The molecule has 0 bridgehead atoms. The quantitative estimate of drug-likeness (QED) is 0.893. The van der Waals surface area contributed by atoms with Gasteiger partial charge >= 0.3 is 0 Å². The van der Waals surface area contributed by atoms with Crippen LogP contribution in [0.25, 0.3) is 0 Å². The molecule has 0 aliphatic heterocycles. The molecule has 1 saturated carbocycles. The van der Waals surface area contributed by atoms with Crippen molar-refractivity contribution in [2.24, 2.45) is 0 Å². The molecule has 6 heteroatoms. The highest BCUT2D eigenvalue weighted by molar-refractivity contribution is 7.92. The van der Waals surface area contributed by atoms with Gasteiger partial charge in [0.15, 0.2) is 0 Å². The topological polar surface area (TPSA) is 66.5 Å². The minimum Gasteiger partial charge on any atom is -0.349 e. The zero-order chi connectivity index (χ0) is 18.2. The number of nitrogens with one attached hydrogen (secondary N) is 1. The zero-order valence-electron chi connectivity index (χ0n) is 14.6. The molecule has 2 aromatic rings. The second-order valence-corrected chi connectivity index (χ2v) is 8.50. The van der Waals surface area contributed by atoms with Crippen LogP contribution >= 0.6 is 0 Å². The first-order valence-corrected chi connectivity index (χ1v) is 9.70. The summed E-state index contributed by atoms with van der Waals surface area (Å²) in [6.07, 6.45) is 2.06. The molecule has 1 amide bonds. The molecule has 0 spiro atoms. The van der Waals surface area contributed by atoms with E-state index in [0.717, 1.165) is 24.0 Å². The van der Waals surface area contributed by atoms with E-state index in [1.54, 1.807) is 42.5 Å². The third-order valence-corrected chi connectivity index (χ3v) is 6.18. The van der Waals surface area contributed by atoms with Gasteiger partial charge in [0, 0.05) is 18.7 Å². The van der Waals surface area contributed by atoms with E-state index in [-0.39, 0.29) is 16.8 Å². The molecule has 0 heterocycles. The highest BCUT2D eigenvalue weighted by Gasteiger charge is 2.25. The fourth-order valence-corrected chi connectivity index (χ4v) is 3.90. The minimum atomic E-state index is -3.64. The van der Waals surface area contributed by atoms with Crippen LogP contribution in [-0.4, -0.2) is 27.4 Å². The summed E-state index contributed by atoms with van der Waals surface area (Å²) in [5.41, 5.74) is 2.85. The Morgan fingerprint density at radius 2 is 1.72 bits per heavy atom. The number of rotatable bonds is 5. The van der Waals surface area contributed by atoms with Crippen LogP contribution in [0.5, 0.6) is 0 Å². The van der Waals surface area contributed by atoms with Crippen LogP contribution in [0.3, 0.4) is 0 Å². The van der Waals surface area contributed by atoms with E-state index in [1.807, 2.05) is 13.8 Å². The number of hydrogen-bond donors (Lipinski definition) is 1. The van der Waals surface area contributed by atoms with Gasteiger partial charge in [0.1, 0.15) is 0 Å². The largest absolute Gasteiger partial charge is 0.349 e. The number of sulfonamides is 1. The van der Waals surface area contributed by atoms with E-state index in [2.05, 4.69) is 5.32 Å². The third kappa shape index (κ3) is 3.69. The molecule has 0 radical (unpaired) electrons. The second kappa shape index (κ2) is 6.52. The van der Waals surface area contributed by atoms with Gasteiger partial charge in [0.2, 0.25) is 0 Å². The first-order valence-electron chi connectivity index (χ1n) is 8.26. The van der Waals surface area contributed by atoms with Crippen molar-refractivity contribution in [3.8, 4) is 0 Å². The SMILES string of the molecule is Cc1ccc(S(=O)(=O)N(C)c2ccc(C(=O)NC3CC3)cc2C)cc1. The normalized spacial score (nSPS) is 14.2. The summed E-state index contributed by atoms with van der Waals surface area (Å²) in [4.78, 5) is 12.4. The van der Waals surface area contributed by atoms with Crippen LogP contribution in [0.1, 0.15) is 34.3 Å². The van der Waals surface area contributed by atoms with Crippen LogP contribution in [0.15, 0.2) is 47.4 Å². The Morgan fingerprint density at radius 3 is 2.28 bits per heavy atom. The molecule has 132 valence electrons. The molecule has 3 rings (SSSR count). The van der Waals surface area contributed by atoms with Crippen LogP contribution in [0.4, 0.5) is 5.69 Å². The maximum absolute atomic E-state index is 12.8. The molecule has 0 saturated heterocycles. The van der Waals surface area contributed by atoms with Crippen LogP contribution in [0, 0.1) is 13.8 Å². The lowest BCUT2D eigenvalue weighted by molar-refractivity contribution is 0.0951. The Morgan fingerprint density at radius 1 is 1.08 bits per heavy atom. The predicted molar refractivity (Wildman–Crippen MR) is 98.4 cm³/mol. The van der Waals surface area contributed by atoms with Gasteiger partial charge in [-0.2, -0.15) is 0 Å². The first kappa shape index (κ1) is 17.5. The molecule has 1 aliphatic rings. The van der Waals surface area contributed by atoms with Gasteiger partial charge in [-0.1, -0.05) is 17.7 Å². The highest BCUT2D eigenvalue weighted by atomic mass is 32.2. The average Bonchev–Trinajstić information content (AvgIpc) is 3.38. The Hall–Kier alpha value is -2.34. The summed E-state index contributed by atoms with van der Waals surface area (Å²) >= 11 is 0. The number of aryl methyl sites for hydroxylation is 2. The third-order valence-electron chi connectivity index (χ3n) is 4.39. The van der Waals surface area contributed by atoms with E-state index in [4.69, 9.17) is 0 Å². The lowest BCUT2D eigenvalue weighted by Crippen LogP contribution is -2.28. The van der Waals surface area contributed by atoms with Gasteiger partial charge in [0.05, 0.1) is 10.6 Å². The number of hydrogen-bond acceptors (Lipinski definition) is 3. The van der Waals surface area contributed by atoms with Crippen molar-refractivity contribution in [2.75, 3.05) is 11.4 Å². The summed E-state index contributed by atoms with van der Waals surface area (Å²) in [5, 5.41) is 2.94. The van der Waals surface area contributed by atoms with Crippen molar-refractivity contribution in [3.63, 3.8) is 0 Å². The van der Waals surface area contributed by atoms with Crippen molar-refractivity contribution >= 4 is 21.6 Å². The summed E-state index contributed by atoms with van der Waals surface area (Å²) < 4.78 is 26.9. The molecule has 1 N–H and O–H groups in total. The van der Waals surface area contributed by atoms with Gasteiger partial charge in [-0.15, -0.1) is 0 Å². The van der Waals surface area contributed by atoms with Gasteiger partial charge in [0.25, 0.3) is 15.9 Å². The van der Waals surface area contributed by atoms with Crippen LogP contribution in [-0.2, 0) is 10.0 Å². The minimum absolute atomic E-state index is 0.110. The highest BCUT2D eigenvalue weighted by Crippen LogP contribution is 2.27. The zero-order valence-corrected chi connectivity index (χ0v) is 15.4. The van der Waals surface area contributed by atoms with Crippen molar-refractivity contribution in [1.29, 1.82) is 0 Å². The molecular weight excluding hydrogens is 336 g/mol. The van der Waals surface area contributed by atoms with Crippen molar-refractivity contribution < 1.29 is 13.2 Å². The molecule has 0 unspecified atom stereocenters. The summed E-state index contributed by atoms with van der Waals surface area (Å²) in [5.74, 6) is -0.110. The smallest absolute Gasteiger partial charge is 0.264 e. The lowest BCUT2D eigenvalue weighted by Gasteiger charge is -2.22. The van der Waals surface area contributed by atoms with Crippen LogP contribution < -0.4 is 9.62 Å². The van der Waals surface area contributed by atoms with E-state index in [9.17, 15) is 13.2 Å². The average molecular weight is 358 g/mol. The number of carbonyl (C=O) groups is 1. The van der Waals surface area contributed by atoms with E-state index >= 15 is 0 Å². The molecule has 0 atom stereocenters. The number of carbonyl (C=O) groups excluding carboxylic acids is 1. The Kier molecular flexibility index (Phi) is 4.56. The molecular formula is C19H22N2O3S. The molecule has 5 nitrogen and oxygen atoms in total. The van der Waals surface area contributed by atoms with Crippen molar-refractivity contribution in [1.82, 2.24) is 5.32 Å². The number of nitrogens with zero attached hydrogens (tertiary/aromatic N) is 1. The van der Waals surface area contributed by atoms with E-state index < -0.39 is 10.0 Å². The number of amides is 1. The van der Waals surface area contributed by atoms with Crippen LogP contribution in [0.2, 0.25) is 0 Å². The maximum atomic E-state index is 12.8. The fraction of sp³-hybridized carbons (Fsp3) is 0.316. The lowest BCUT2D eigenvalue weighted by atomic mass is 10.1. The molecule has 25 heavy (non-hydrogen) atoms. The molecule has 0 aromatic heterocycles. The van der Waals surface area contributed by atoms with E-state index in [0.29, 0.717) is 11.3 Å². The van der Waals surface area contributed by atoms with Gasteiger partial charge in [-0.3, -0.25) is 9.10 Å². The summed E-state index contributed by atoms with van der Waals surface area (Å²) in [6, 6.07) is 12.1. The second-order valence-electron chi connectivity index (χ2n) is 6.53. The molecule has 1 fully saturated rings. The summed E-state index contributed by atoms with van der Waals surface area (Å²) in [7, 11) is -2.11. The Balaban J connectivity index is 1.87.